The summed E-state index contributed by atoms with van der Waals surface area (Å²) >= 11 is 0. The molecule has 0 spiro atoms. The molecule has 1 fully saturated rings. The van der Waals surface area contributed by atoms with E-state index in [-0.39, 0.29) is 5.69 Å². The molecule has 2 rings (SSSR count). The summed E-state index contributed by atoms with van der Waals surface area (Å²) < 4.78 is 64.0. The number of nitrogens with zero attached hydrogens (tertiary/aromatic N) is 2. The van der Waals surface area contributed by atoms with Crippen LogP contribution in [-0.2, 0) is 21.0 Å². The first-order valence-electron chi connectivity index (χ1n) is 7.97. The fraction of sp³-hybridized carbons (Fsp3) is 0.562. The molecule has 5 nitrogen and oxygen atoms in total. The van der Waals surface area contributed by atoms with Crippen LogP contribution in [0.4, 0.5) is 18.9 Å². The van der Waals surface area contributed by atoms with Crippen LogP contribution in [0.3, 0.4) is 0 Å². The zero-order valence-corrected chi connectivity index (χ0v) is 14.9. The highest BCUT2D eigenvalue weighted by Crippen LogP contribution is 2.33. The lowest BCUT2D eigenvalue weighted by Gasteiger charge is -2.34. The molecule has 1 heterocycles. The fourth-order valence-corrected chi connectivity index (χ4v) is 4.16. The minimum atomic E-state index is -4.60. The molecule has 1 amide bonds. The molecule has 0 saturated carbocycles. The number of likely N-dealkylation sites (tertiary alicyclic amines) is 1. The van der Waals surface area contributed by atoms with Crippen LogP contribution in [-0.4, -0.2) is 44.6 Å². The van der Waals surface area contributed by atoms with E-state index in [2.05, 4.69) is 0 Å². The molecule has 1 aromatic rings. The predicted octanol–water partition coefficient (Wildman–Crippen LogP) is 2.87. The number of amides is 1. The summed E-state index contributed by atoms with van der Waals surface area (Å²) in [7, 11) is -3.94. The molecule has 1 saturated heterocycles. The third kappa shape index (κ3) is 4.65. The van der Waals surface area contributed by atoms with Crippen LogP contribution in [0.25, 0.3) is 0 Å². The molecule has 1 atom stereocenters. The van der Waals surface area contributed by atoms with Gasteiger partial charge in [-0.05, 0) is 44.4 Å². The van der Waals surface area contributed by atoms with Crippen molar-refractivity contribution in [1.82, 2.24) is 4.90 Å². The average Bonchev–Trinajstić information content (AvgIpc) is 2.53. The van der Waals surface area contributed by atoms with E-state index in [9.17, 15) is 26.4 Å². The molecule has 1 aliphatic rings. The molecule has 0 radical (unpaired) electrons. The second-order valence-electron chi connectivity index (χ2n) is 6.17. The van der Waals surface area contributed by atoms with Crippen LogP contribution in [0.5, 0.6) is 0 Å². The summed E-state index contributed by atoms with van der Waals surface area (Å²) in [5, 5.41) is 0. The van der Waals surface area contributed by atoms with Crippen molar-refractivity contribution in [2.75, 3.05) is 23.7 Å². The van der Waals surface area contributed by atoms with Gasteiger partial charge in [-0.1, -0.05) is 6.07 Å². The molecule has 1 aromatic carbocycles. The number of alkyl halides is 3. The molecule has 0 unspecified atom stereocenters. The van der Waals surface area contributed by atoms with Gasteiger partial charge in [0.25, 0.3) is 0 Å². The molecule has 140 valence electrons. The number of halogens is 3. The van der Waals surface area contributed by atoms with E-state index in [0.717, 1.165) is 48.0 Å². The Labute approximate surface area is 145 Å². The Morgan fingerprint density at radius 2 is 1.80 bits per heavy atom. The molecular formula is C16H21F3N2O3S. The van der Waals surface area contributed by atoms with Crippen molar-refractivity contribution < 1.29 is 26.4 Å². The summed E-state index contributed by atoms with van der Waals surface area (Å²) in [6.45, 7) is 2.46. The summed E-state index contributed by atoms with van der Waals surface area (Å²) in [6.07, 6.45) is -1.05. The monoisotopic (exact) mass is 378 g/mol. The summed E-state index contributed by atoms with van der Waals surface area (Å²) in [5.41, 5.74) is -1.13. The smallest absolute Gasteiger partial charge is 0.341 e. The largest absolute Gasteiger partial charge is 0.416 e. The quantitative estimate of drug-likeness (QED) is 0.810. The van der Waals surface area contributed by atoms with Crippen LogP contribution in [0.15, 0.2) is 24.3 Å². The lowest BCUT2D eigenvalue weighted by atomic mass is 10.1. The van der Waals surface area contributed by atoms with Crippen molar-refractivity contribution >= 4 is 21.6 Å². The molecule has 0 aromatic heterocycles. The van der Waals surface area contributed by atoms with Gasteiger partial charge in [0.2, 0.25) is 15.9 Å². The van der Waals surface area contributed by atoms with Crippen molar-refractivity contribution in [3.8, 4) is 0 Å². The third-order valence-corrected chi connectivity index (χ3v) is 5.40. The summed E-state index contributed by atoms with van der Waals surface area (Å²) in [5.74, 6) is -0.400. The van der Waals surface area contributed by atoms with Gasteiger partial charge in [0, 0.05) is 13.1 Å². The number of piperidine rings is 1. The number of hydrogen-bond donors (Lipinski definition) is 0. The number of anilines is 1. The van der Waals surface area contributed by atoms with Gasteiger partial charge >= 0.3 is 6.18 Å². The second-order valence-corrected chi connectivity index (χ2v) is 8.03. The number of hydrogen-bond acceptors (Lipinski definition) is 3. The van der Waals surface area contributed by atoms with Crippen LogP contribution in [0, 0.1) is 0 Å². The maximum atomic E-state index is 12.9. The van der Waals surface area contributed by atoms with E-state index in [4.69, 9.17) is 0 Å². The lowest BCUT2D eigenvalue weighted by Crippen LogP contribution is -2.50. The zero-order chi connectivity index (χ0) is 18.8. The fourth-order valence-electron chi connectivity index (χ4n) is 3.00. The van der Waals surface area contributed by atoms with Crippen LogP contribution in [0.2, 0.25) is 0 Å². The van der Waals surface area contributed by atoms with E-state index in [1.165, 1.54) is 13.0 Å². The van der Waals surface area contributed by atoms with E-state index in [0.29, 0.717) is 13.1 Å². The Balaban J connectivity index is 2.38. The van der Waals surface area contributed by atoms with Gasteiger partial charge in [0.05, 0.1) is 17.5 Å². The summed E-state index contributed by atoms with van der Waals surface area (Å²) in [6, 6.07) is 2.89. The van der Waals surface area contributed by atoms with Gasteiger partial charge in [-0.2, -0.15) is 13.2 Å². The topological polar surface area (TPSA) is 57.7 Å². The number of benzene rings is 1. The van der Waals surface area contributed by atoms with Crippen molar-refractivity contribution in [1.29, 1.82) is 0 Å². The van der Waals surface area contributed by atoms with Gasteiger partial charge < -0.3 is 4.90 Å². The van der Waals surface area contributed by atoms with Crippen molar-refractivity contribution in [2.24, 2.45) is 0 Å². The first-order valence-corrected chi connectivity index (χ1v) is 9.82. The van der Waals surface area contributed by atoms with E-state index in [1.54, 1.807) is 4.90 Å². The van der Waals surface area contributed by atoms with Crippen LogP contribution < -0.4 is 4.31 Å². The molecular weight excluding hydrogens is 357 g/mol. The number of carbonyl (C=O) groups is 1. The Kier molecular flexibility index (Phi) is 5.65. The first-order chi connectivity index (χ1) is 11.5. The number of sulfonamides is 1. The van der Waals surface area contributed by atoms with Crippen molar-refractivity contribution in [3.63, 3.8) is 0 Å². The van der Waals surface area contributed by atoms with Gasteiger partial charge in [-0.25, -0.2) is 8.42 Å². The minimum Gasteiger partial charge on any atom is -0.341 e. The van der Waals surface area contributed by atoms with Gasteiger partial charge in [-0.15, -0.1) is 0 Å². The Morgan fingerprint density at radius 3 is 2.32 bits per heavy atom. The Hall–Kier alpha value is -1.77. The van der Waals surface area contributed by atoms with E-state index in [1.807, 2.05) is 0 Å². The van der Waals surface area contributed by atoms with Crippen molar-refractivity contribution in [2.45, 2.75) is 38.4 Å². The van der Waals surface area contributed by atoms with E-state index >= 15 is 0 Å². The Bertz CT molecular complexity index is 728. The highest BCUT2D eigenvalue weighted by Gasteiger charge is 2.35. The Morgan fingerprint density at radius 1 is 1.20 bits per heavy atom. The average molecular weight is 378 g/mol. The van der Waals surface area contributed by atoms with Gasteiger partial charge in [0.15, 0.2) is 0 Å². The maximum absolute atomic E-state index is 12.9. The maximum Gasteiger partial charge on any atom is 0.416 e. The second kappa shape index (κ2) is 7.23. The molecule has 0 bridgehead atoms. The van der Waals surface area contributed by atoms with Crippen molar-refractivity contribution in [3.05, 3.63) is 29.8 Å². The van der Waals surface area contributed by atoms with Crippen LogP contribution >= 0.6 is 0 Å². The molecule has 0 aliphatic carbocycles. The van der Waals surface area contributed by atoms with Gasteiger partial charge in [0.1, 0.15) is 6.04 Å². The lowest BCUT2D eigenvalue weighted by molar-refractivity contribution is -0.137. The predicted molar refractivity (Wildman–Crippen MR) is 88.7 cm³/mol. The molecule has 9 heteroatoms. The standard InChI is InChI=1S/C16H21F3N2O3S/c1-12(15(22)20-9-4-3-5-10-20)21(25(2,23)24)14-8-6-7-13(11-14)16(17,18)19/h6-8,11-12H,3-5,9-10H2,1-2H3/t12-/m1/s1. The highest BCUT2D eigenvalue weighted by atomic mass is 32.2. The van der Waals surface area contributed by atoms with Gasteiger partial charge in [-0.3, -0.25) is 9.10 Å². The number of rotatable bonds is 4. The molecule has 0 N–H and O–H groups in total. The molecule has 25 heavy (non-hydrogen) atoms. The highest BCUT2D eigenvalue weighted by molar-refractivity contribution is 7.92. The zero-order valence-electron chi connectivity index (χ0n) is 14.1. The SMILES string of the molecule is C[C@H](C(=O)N1CCCCC1)N(c1cccc(C(F)(F)F)c1)S(C)(=O)=O. The first kappa shape index (κ1) is 19.6. The minimum absolute atomic E-state index is 0.171. The summed E-state index contributed by atoms with van der Waals surface area (Å²) in [4.78, 5) is 14.2. The molecule has 1 aliphatic heterocycles. The number of carbonyl (C=O) groups excluding carboxylic acids is 1. The van der Waals surface area contributed by atoms with Crippen LogP contribution in [0.1, 0.15) is 31.7 Å². The van der Waals surface area contributed by atoms with E-state index < -0.39 is 33.7 Å². The third-order valence-electron chi connectivity index (χ3n) is 4.16. The normalized spacial score (nSPS) is 17.2.